The van der Waals surface area contributed by atoms with E-state index in [1.807, 2.05) is 19.1 Å². The maximum Gasteiger partial charge on any atom is 0.263 e. The van der Waals surface area contributed by atoms with Gasteiger partial charge in [-0.25, -0.2) is 22.8 Å². The molecule has 0 bridgehead atoms. The molecule has 1 heterocycles. The molecule has 1 aliphatic rings. The lowest BCUT2D eigenvalue weighted by Gasteiger charge is -2.33. The minimum Gasteiger partial charge on any atom is -0.496 e. The normalized spacial score (nSPS) is 17.4. The number of halogens is 2. The highest BCUT2D eigenvalue weighted by atomic mass is 35.5. The number of benzene rings is 3. The second kappa shape index (κ2) is 12.4. The molecule has 0 amide bonds. The second-order valence-corrected chi connectivity index (χ2v) is 12.9. The lowest BCUT2D eigenvalue weighted by Crippen LogP contribution is -2.36. The molecular formula is C31H35ClFN5O3S. The van der Waals surface area contributed by atoms with E-state index in [1.54, 1.807) is 18.3 Å². The summed E-state index contributed by atoms with van der Waals surface area (Å²) in [5.74, 6) is 0.165. The first-order valence-corrected chi connectivity index (χ1v) is 15.8. The van der Waals surface area contributed by atoms with E-state index in [1.165, 1.54) is 31.4 Å². The molecule has 0 spiro atoms. The fourth-order valence-electron chi connectivity index (χ4n) is 5.52. The van der Waals surface area contributed by atoms with Crippen molar-refractivity contribution in [3.63, 3.8) is 0 Å². The number of nitrogens with one attached hydrogen (secondary N) is 2. The van der Waals surface area contributed by atoms with Crippen LogP contribution in [0.1, 0.15) is 38.2 Å². The van der Waals surface area contributed by atoms with Gasteiger partial charge in [0.2, 0.25) is 5.95 Å². The van der Waals surface area contributed by atoms with Crippen LogP contribution >= 0.6 is 11.6 Å². The van der Waals surface area contributed by atoms with Crippen molar-refractivity contribution in [2.75, 3.05) is 31.2 Å². The minimum absolute atomic E-state index is 0.0366. The summed E-state index contributed by atoms with van der Waals surface area (Å²) >= 11 is 6.08. The van der Waals surface area contributed by atoms with Crippen LogP contribution in [0.15, 0.2) is 59.6 Å². The molecule has 1 aromatic heterocycles. The fourth-order valence-corrected chi connectivity index (χ4v) is 7.10. The van der Waals surface area contributed by atoms with Crippen LogP contribution in [0, 0.1) is 5.82 Å². The maximum atomic E-state index is 15.4. The summed E-state index contributed by atoms with van der Waals surface area (Å²) in [4.78, 5) is 11.6. The van der Waals surface area contributed by atoms with E-state index in [-0.39, 0.29) is 15.6 Å². The summed E-state index contributed by atoms with van der Waals surface area (Å²) in [5, 5.41) is 4.37. The standard InChI is InChI=1S/C31H35ClFN5O3S/c1-5-19-14-20(15-21-18-34-31(36-30(19)21)35-22-10-12-23(13-11-22)38(2)3)24-16-26(33)27(17-28(24)41-4)37-42(39,40)29-9-7-6-8-25(29)32/h6-9,14-18,22-23,37H,5,10-13H2,1-4H3,(H,34,35,36). The highest BCUT2D eigenvalue weighted by Gasteiger charge is 2.24. The largest absolute Gasteiger partial charge is 0.496 e. The highest BCUT2D eigenvalue weighted by molar-refractivity contribution is 7.92. The van der Waals surface area contributed by atoms with Gasteiger partial charge in [-0.2, -0.15) is 0 Å². The summed E-state index contributed by atoms with van der Waals surface area (Å²) in [6, 6.07) is 13.4. The first-order chi connectivity index (χ1) is 20.1. The molecule has 2 N–H and O–H groups in total. The van der Waals surface area contributed by atoms with Crippen molar-refractivity contribution in [2.24, 2.45) is 0 Å². The predicted octanol–water partition coefficient (Wildman–Crippen LogP) is 6.75. The predicted molar refractivity (Wildman–Crippen MR) is 166 cm³/mol. The molecule has 42 heavy (non-hydrogen) atoms. The SMILES string of the molecule is CCc1cc(-c2cc(F)c(NS(=O)(=O)c3ccccc3Cl)cc2OC)cc2cnc(NC3CCC(N(C)C)CC3)nc12. The summed E-state index contributed by atoms with van der Waals surface area (Å²) in [6.07, 6.45) is 6.91. The molecule has 0 radical (unpaired) electrons. The van der Waals surface area contributed by atoms with Crippen LogP contribution in [0.2, 0.25) is 5.02 Å². The summed E-state index contributed by atoms with van der Waals surface area (Å²) in [6.45, 7) is 2.04. The van der Waals surface area contributed by atoms with Gasteiger partial charge in [-0.1, -0.05) is 30.7 Å². The van der Waals surface area contributed by atoms with E-state index in [0.717, 1.165) is 42.1 Å². The second-order valence-electron chi connectivity index (χ2n) is 10.8. The van der Waals surface area contributed by atoms with Crippen molar-refractivity contribution in [3.8, 4) is 16.9 Å². The van der Waals surface area contributed by atoms with E-state index in [0.29, 0.717) is 41.3 Å². The van der Waals surface area contributed by atoms with Crippen LogP contribution in [0.4, 0.5) is 16.0 Å². The Hall–Kier alpha value is -3.47. The third kappa shape index (κ3) is 6.30. The summed E-state index contributed by atoms with van der Waals surface area (Å²) < 4.78 is 49.1. The van der Waals surface area contributed by atoms with Crippen molar-refractivity contribution >= 4 is 44.2 Å². The number of methoxy groups -OCH3 is 1. The van der Waals surface area contributed by atoms with Gasteiger partial charge in [-0.3, -0.25) is 4.72 Å². The van der Waals surface area contributed by atoms with Crippen LogP contribution in [-0.4, -0.2) is 56.6 Å². The van der Waals surface area contributed by atoms with Crippen LogP contribution in [-0.2, 0) is 16.4 Å². The highest BCUT2D eigenvalue weighted by Crippen LogP contribution is 2.38. The molecule has 11 heteroatoms. The minimum atomic E-state index is -4.13. The van der Waals surface area contributed by atoms with Gasteiger partial charge in [0, 0.05) is 35.3 Å². The summed E-state index contributed by atoms with van der Waals surface area (Å²) in [7, 11) is 1.59. The van der Waals surface area contributed by atoms with E-state index >= 15 is 4.39 Å². The molecule has 0 aliphatic heterocycles. The lowest BCUT2D eigenvalue weighted by molar-refractivity contribution is 0.221. The zero-order valence-corrected chi connectivity index (χ0v) is 25.7. The Morgan fingerprint density at radius 3 is 2.50 bits per heavy atom. The average Bonchev–Trinajstić information content (AvgIpc) is 2.97. The molecule has 0 unspecified atom stereocenters. The number of hydrogen-bond acceptors (Lipinski definition) is 7. The smallest absolute Gasteiger partial charge is 0.263 e. The number of aryl methyl sites for hydroxylation is 1. The Balaban J connectivity index is 1.44. The molecule has 8 nitrogen and oxygen atoms in total. The Morgan fingerprint density at radius 1 is 1.10 bits per heavy atom. The van der Waals surface area contributed by atoms with E-state index in [4.69, 9.17) is 21.3 Å². The first kappa shape index (κ1) is 30.0. The lowest BCUT2D eigenvalue weighted by atomic mass is 9.90. The van der Waals surface area contributed by atoms with E-state index in [9.17, 15) is 8.42 Å². The Bertz CT molecular complexity index is 1710. The third-order valence-electron chi connectivity index (χ3n) is 7.87. The van der Waals surface area contributed by atoms with Crippen molar-refractivity contribution < 1.29 is 17.5 Å². The Morgan fingerprint density at radius 2 is 1.83 bits per heavy atom. The molecular weight excluding hydrogens is 577 g/mol. The van der Waals surface area contributed by atoms with Crippen molar-refractivity contribution in [2.45, 2.75) is 56.0 Å². The first-order valence-electron chi connectivity index (χ1n) is 14.0. The van der Waals surface area contributed by atoms with Gasteiger partial charge in [0.05, 0.1) is 23.3 Å². The monoisotopic (exact) mass is 611 g/mol. The van der Waals surface area contributed by atoms with Gasteiger partial charge in [-0.05, 0) is 87.7 Å². The van der Waals surface area contributed by atoms with Crippen LogP contribution < -0.4 is 14.8 Å². The van der Waals surface area contributed by atoms with Gasteiger partial charge in [-0.15, -0.1) is 0 Å². The molecule has 4 aromatic rings. The van der Waals surface area contributed by atoms with Crippen LogP contribution in [0.25, 0.3) is 22.0 Å². The van der Waals surface area contributed by atoms with Crippen LogP contribution in [0.5, 0.6) is 5.75 Å². The molecule has 5 rings (SSSR count). The Kier molecular flexibility index (Phi) is 8.86. The number of nitrogens with zero attached hydrogens (tertiary/aromatic N) is 3. The molecule has 222 valence electrons. The number of aromatic nitrogens is 2. The fraction of sp³-hybridized carbons (Fsp3) is 0.355. The van der Waals surface area contributed by atoms with Crippen molar-refractivity contribution in [3.05, 3.63) is 71.1 Å². The van der Waals surface area contributed by atoms with Gasteiger partial charge in [0.15, 0.2) is 0 Å². The third-order valence-corrected chi connectivity index (χ3v) is 9.74. The number of hydrogen-bond donors (Lipinski definition) is 2. The van der Waals surface area contributed by atoms with Crippen molar-refractivity contribution in [1.29, 1.82) is 0 Å². The van der Waals surface area contributed by atoms with E-state index in [2.05, 4.69) is 34.0 Å². The Labute approximate surface area is 251 Å². The topological polar surface area (TPSA) is 96.5 Å². The molecule has 1 saturated carbocycles. The number of ether oxygens (including phenoxy) is 1. The maximum absolute atomic E-state index is 15.4. The van der Waals surface area contributed by atoms with Crippen LogP contribution in [0.3, 0.4) is 0 Å². The zero-order valence-electron chi connectivity index (χ0n) is 24.1. The quantitative estimate of drug-likeness (QED) is 0.216. The van der Waals surface area contributed by atoms with Gasteiger partial charge >= 0.3 is 0 Å². The van der Waals surface area contributed by atoms with Gasteiger partial charge in [0.1, 0.15) is 16.5 Å². The summed E-state index contributed by atoms with van der Waals surface area (Å²) in [5.41, 5.74) is 2.76. The number of sulfonamides is 1. The zero-order chi connectivity index (χ0) is 30.0. The number of rotatable bonds is 9. The number of fused-ring (bicyclic) bond motifs is 1. The molecule has 1 fully saturated rings. The van der Waals surface area contributed by atoms with Crippen molar-refractivity contribution in [1.82, 2.24) is 14.9 Å². The molecule has 0 atom stereocenters. The average molecular weight is 612 g/mol. The van der Waals surface area contributed by atoms with E-state index < -0.39 is 15.8 Å². The van der Waals surface area contributed by atoms with Gasteiger partial charge in [0.25, 0.3) is 10.0 Å². The molecule has 0 saturated heterocycles. The molecule has 3 aromatic carbocycles. The molecule has 1 aliphatic carbocycles. The van der Waals surface area contributed by atoms with Gasteiger partial charge < -0.3 is 15.0 Å². The number of anilines is 2.